The zero-order chi connectivity index (χ0) is 24.6. The van der Waals surface area contributed by atoms with Crippen LogP contribution >= 0.6 is 11.6 Å². The molecule has 1 saturated carbocycles. The number of para-hydroxylation sites is 1. The summed E-state index contributed by atoms with van der Waals surface area (Å²) in [6.45, 7) is 0. The van der Waals surface area contributed by atoms with E-state index in [4.69, 9.17) is 11.6 Å². The molecule has 12 heteroatoms. The Morgan fingerprint density at radius 2 is 1.91 bits per heavy atom. The summed E-state index contributed by atoms with van der Waals surface area (Å²) >= 11 is 6.01. The Kier molecular flexibility index (Phi) is 6.66. The lowest BCUT2D eigenvalue weighted by Crippen LogP contribution is -2.42. The molecule has 0 bridgehead atoms. The predicted octanol–water partition coefficient (Wildman–Crippen LogP) is 5.73. The quantitative estimate of drug-likeness (QED) is 0.438. The molecule has 0 aliphatic heterocycles. The van der Waals surface area contributed by atoms with Gasteiger partial charge in [-0.1, -0.05) is 29.8 Å². The molecule has 34 heavy (non-hydrogen) atoms. The highest BCUT2D eigenvalue weighted by Crippen LogP contribution is 2.34. The summed E-state index contributed by atoms with van der Waals surface area (Å²) < 4.78 is 67.7. The minimum atomic E-state index is -4.60. The van der Waals surface area contributed by atoms with Crippen LogP contribution < -0.4 is 10.6 Å². The first-order valence-corrected chi connectivity index (χ1v) is 11.0. The molecule has 182 valence electrons. The fraction of sp³-hybridized carbons (Fsp3) is 0.409. The summed E-state index contributed by atoms with van der Waals surface area (Å²) in [6, 6.07) is 6.88. The third kappa shape index (κ3) is 4.94. The molecular formula is C22H21ClF5N5O. The van der Waals surface area contributed by atoms with Gasteiger partial charge in [-0.15, -0.1) is 0 Å². The van der Waals surface area contributed by atoms with Crippen molar-refractivity contribution < 1.29 is 26.7 Å². The molecule has 3 aromatic rings. The molecule has 0 saturated heterocycles. The van der Waals surface area contributed by atoms with Crippen LogP contribution in [0.3, 0.4) is 0 Å². The molecule has 6 nitrogen and oxygen atoms in total. The number of carbonyl (C=O) groups excluding carboxylic acids is 1. The van der Waals surface area contributed by atoms with E-state index in [0.29, 0.717) is 36.8 Å². The van der Waals surface area contributed by atoms with Crippen LogP contribution in [0.15, 0.2) is 30.3 Å². The van der Waals surface area contributed by atoms with Crippen molar-refractivity contribution in [1.29, 1.82) is 0 Å². The van der Waals surface area contributed by atoms with Gasteiger partial charge in [0.2, 0.25) is 0 Å². The van der Waals surface area contributed by atoms with Gasteiger partial charge in [-0.2, -0.15) is 18.3 Å². The molecule has 0 unspecified atom stereocenters. The van der Waals surface area contributed by atoms with E-state index in [2.05, 4.69) is 20.7 Å². The van der Waals surface area contributed by atoms with Crippen LogP contribution in [0.2, 0.25) is 5.15 Å². The number of benzene rings is 1. The van der Waals surface area contributed by atoms with Gasteiger partial charge < -0.3 is 10.6 Å². The second kappa shape index (κ2) is 9.36. The Balaban J connectivity index is 1.53. The first kappa shape index (κ1) is 24.2. The molecular weight excluding hydrogens is 481 g/mol. The molecule has 2 aromatic heterocycles. The number of amides is 1. The van der Waals surface area contributed by atoms with Crippen LogP contribution in [0.5, 0.6) is 0 Å². The second-order valence-electron chi connectivity index (χ2n) is 8.22. The van der Waals surface area contributed by atoms with Crippen molar-refractivity contribution >= 4 is 34.1 Å². The number of nitrogens with zero attached hydrogens (tertiary/aromatic N) is 3. The predicted molar refractivity (Wildman–Crippen MR) is 117 cm³/mol. The van der Waals surface area contributed by atoms with Crippen molar-refractivity contribution in [3.63, 3.8) is 0 Å². The molecule has 0 spiro atoms. The van der Waals surface area contributed by atoms with E-state index < -0.39 is 29.9 Å². The Morgan fingerprint density at radius 1 is 1.21 bits per heavy atom. The van der Waals surface area contributed by atoms with Crippen molar-refractivity contribution in [3.05, 3.63) is 52.4 Å². The lowest BCUT2D eigenvalue weighted by Gasteiger charge is -2.31. The number of hydrogen-bond acceptors (Lipinski definition) is 4. The van der Waals surface area contributed by atoms with Gasteiger partial charge in [-0.3, -0.25) is 9.48 Å². The maximum atomic E-state index is 13.4. The monoisotopic (exact) mass is 501 g/mol. The van der Waals surface area contributed by atoms with Crippen LogP contribution in [0.25, 0.3) is 10.9 Å². The van der Waals surface area contributed by atoms with Crippen molar-refractivity contribution in [2.45, 2.75) is 50.4 Å². The fourth-order valence-electron chi connectivity index (χ4n) is 4.26. The van der Waals surface area contributed by atoms with Crippen molar-refractivity contribution in [2.75, 3.05) is 5.32 Å². The van der Waals surface area contributed by atoms with Gasteiger partial charge in [-0.05, 0) is 37.8 Å². The largest absolute Gasteiger partial charge is 0.433 e. The molecule has 2 N–H and O–H groups in total. The molecule has 2 heterocycles. The number of carbonyl (C=O) groups is 1. The number of alkyl halides is 5. The Hall–Kier alpha value is -2.95. The number of nitrogens with one attached hydrogen (secondary N) is 2. The summed E-state index contributed by atoms with van der Waals surface area (Å²) in [5.74, 6) is -0.757. The molecule has 1 aromatic carbocycles. The van der Waals surface area contributed by atoms with Crippen molar-refractivity contribution in [2.24, 2.45) is 7.05 Å². The number of halogens is 6. The van der Waals surface area contributed by atoms with Gasteiger partial charge in [0.1, 0.15) is 22.1 Å². The summed E-state index contributed by atoms with van der Waals surface area (Å²) in [4.78, 5) is 16.4. The summed E-state index contributed by atoms with van der Waals surface area (Å²) in [5, 5.41) is 9.87. The first-order chi connectivity index (χ1) is 16.0. The number of hydrogen-bond donors (Lipinski definition) is 2. The number of rotatable bonds is 5. The van der Waals surface area contributed by atoms with Crippen LogP contribution in [0.4, 0.5) is 27.6 Å². The smallest absolute Gasteiger partial charge is 0.382 e. The van der Waals surface area contributed by atoms with E-state index in [9.17, 15) is 26.7 Å². The third-order valence-electron chi connectivity index (χ3n) is 5.81. The zero-order valence-electron chi connectivity index (χ0n) is 18.0. The molecule has 2 atom stereocenters. The number of pyridine rings is 1. The van der Waals surface area contributed by atoms with Crippen molar-refractivity contribution in [1.82, 2.24) is 20.1 Å². The number of aryl methyl sites for hydroxylation is 1. The van der Waals surface area contributed by atoms with E-state index in [1.54, 1.807) is 18.2 Å². The summed E-state index contributed by atoms with van der Waals surface area (Å²) in [7, 11) is 1.36. The van der Waals surface area contributed by atoms with Crippen molar-refractivity contribution in [3.8, 4) is 0 Å². The Morgan fingerprint density at radius 3 is 2.62 bits per heavy atom. The normalized spacial score (nSPS) is 18.9. The van der Waals surface area contributed by atoms with Gasteiger partial charge in [0.05, 0.1) is 5.52 Å². The van der Waals surface area contributed by atoms with Crippen LogP contribution in [0, 0.1) is 0 Å². The minimum absolute atomic E-state index is 0.193. The Labute approximate surface area is 196 Å². The summed E-state index contributed by atoms with van der Waals surface area (Å²) in [5.41, 5.74) is -1.56. The lowest BCUT2D eigenvalue weighted by molar-refractivity contribution is -0.140. The van der Waals surface area contributed by atoms with E-state index in [-0.39, 0.29) is 28.3 Å². The standard InChI is InChI=1S/C22H21ClF5N5O/c1-33-19(23)17(18(32-33)20(24)25)21(34)30-12-6-4-5-11(9-12)29-15-10-16(22(26,27)28)31-14-8-3-2-7-13(14)15/h2-3,7-8,10-12,20H,4-6,9H2,1H3,(H,29,31)(H,30,34)/t11-,12+/m0/s1. The molecule has 1 fully saturated rings. The van der Waals surface area contributed by atoms with Crippen LogP contribution in [-0.4, -0.2) is 32.8 Å². The van der Waals surface area contributed by atoms with Gasteiger partial charge in [0.15, 0.2) is 0 Å². The summed E-state index contributed by atoms with van der Waals surface area (Å²) in [6.07, 6.45) is -5.24. The highest BCUT2D eigenvalue weighted by Gasteiger charge is 2.34. The third-order valence-corrected chi connectivity index (χ3v) is 6.25. The van der Waals surface area contributed by atoms with Gasteiger partial charge in [-0.25, -0.2) is 13.8 Å². The molecule has 1 aliphatic carbocycles. The SMILES string of the molecule is Cn1nc(C(F)F)c(C(=O)N[C@@H]2CCC[C@H](Nc3cc(C(F)(F)F)nc4ccccc34)C2)c1Cl. The average molecular weight is 502 g/mol. The minimum Gasteiger partial charge on any atom is -0.382 e. The Bertz CT molecular complexity index is 1210. The first-order valence-electron chi connectivity index (χ1n) is 10.6. The molecule has 4 rings (SSSR count). The van der Waals surface area contributed by atoms with Gasteiger partial charge >= 0.3 is 6.18 Å². The number of fused-ring (bicyclic) bond motifs is 1. The second-order valence-corrected chi connectivity index (χ2v) is 8.58. The maximum Gasteiger partial charge on any atom is 0.433 e. The van der Waals surface area contributed by atoms with Gasteiger partial charge in [0, 0.05) is 30.2 Å². The molecule has 0 radical (unpaired) electrons. The van der Waals surface area contributed by atoms with Gasteiger partial charge in [0.25, 0.3) is 12.3 Å². The fourth-order valence-corrected chi connectivity index (χ4v) is 4.48. The van der Waals surface area contributed by atoms with Crippen LogP contribution in [0.1, 0.15) is 53.9 Å². The van der Waals surface area contributed by atoms with E-state index in [1.807, 2.05) is 0 Å². The van der Waals surface area contributed by atoms with E-state index >= 15 is 0 Å². The lowest BCUT2D eigenvalue weighted by atomic mass is 9.90. The highest BCUT2D eigenvalue weighted by molar-refractivity contribution is 6.33. The van der Waals surface area contributed by atoms with E-state index in [0.717, 1.165) is 10.7 Å². The van der Waals surface area contributed by atoms with E-state index in [1.165, 1.54) is 13.1 Å². The highest BCUT2D eigenvalue weighted by atomic mass is 35.5. The average Bonchev–Trinajstić information content (AvgIpc) is 3.08. The maximum absolute atomic E-state index is 13.4. The topological polar surface area (TPSA) is 71.8 Å². The number of anilines is 1. The molecule has 1 aliphatic rings. The molecule has 1 amide bonds. The zero-order valence-corrected chi connectivity index (χ0v) is 18.7. The van der Waals surface area contributed by atoms with Crippen LogP contribution in [-0.2, 0) is 13.2 Å². The number of aromatic nitrogens is 3.